The SMILES string of the molecule is CN(C)C(=O)CN1CCCN(S(=O)(=O)c2ccccc2[N+](=O)[O-])CC1. The number of carbonyl (C=O) groups is 1. The Bertz CT molecular complexity index is 750. The molecule has 0 saturated carbocycles. The van der Waals surface area contributed by atoms with Crippen LogP contribution in [0.1, 0.15) is 6.42 Å². The molecule has 9 nitrogen and oxygen atoms in total. The maximum atomic E-state index is 12.8. The molecule has 0 spiro atoms. The number of sulfonamides is 1. The third kappa shape index (κ3) is 4.53. The molecule has 0 bridgehead atoms. The first-order valence-electron chi connectivity index (χ1n) is 7.89. The van der Waals surface area contributed by atoms with Gasteiger partial charge in [0.2, 0.25) is 15.9 Å². The second kappa shape index (κ2) is 7.89. The van der Waals surface area contributed by atoms with Gasteiger partial charge in [-0.05, 0) is 19.0 Å². The number of hydrogen-bond donors (Lipinski definition) is 0. The van der Waals surface area contributed by atoms with Gasteiger partial charge in [-0.2, -0.15) is 4.31 Å². The van der Waals surface area contributed by atoms with Crippen molar-refractivity contribution in [1.29, 1.82) is 0 Å². The van der Waals surface area contributed by atoms with Crippen LogP contribution in [0.2, 0.25) is 0 Å². The van der Waals surface area contributed by atoms with Crippen LogP contribution >= 0.6 is 0 Å². The molecule has 1 aromatic rings. The topological polar surface area (TPSA) is 104 Å². The third-order valence-electron chi connectivity index (χ3n) is 4.08. The number of amides is 1. The van der Waals surface area contributed by atoms with Crippen LogP contribution in [-0.4, -0.2) is 80.2 Å². The van der Waals surface area contributed by atoms with Gasteiger partial charge >= 0.3 is 0 Å². The molecular formula is C15H22N4O5S. The van der Waals surface area contributed by atoms with Gasteiger partial charge in [0.15, 0.2) is 4.90 Å². The van der Waals surface area contributed by atoms with Crippen LogP contribution in [0.5, 0.6) is 0 Å². The molecule has 0 aliphatic carbocycles. The quantitative estimate of drug-likeness (QED) is 0.548. The number of para-hydroxylation sites is 1. The molecule has 0 atom stereocenters. The highest BCUT2D eigenvalue weighted by Gasteiger charge is 2.32. The molecule has 0 unspecified atom stereocenters. The molecule has 1 saturated heterocycles. The zero-order chi connectivity index (χ0) is 18.6. The van der Waals surface area contributed by atoms with E-state index in [1.807, 2.05) is 4.90 Å². The Morgan fingerprint density at radius 3 is 2.52 bits per heavy atom. The Hall–Kier alpha value is -2.04. The summed E-state index contributed by atoms with van der Waals surface area (Å²) in [4.78, 5) is 25.4. The van der Waals surface area contributed by atoms with Gasteiger partial charge in [0.05, 0.1) is 11.5 Å². The highest BCUT2D eigenvalue weighted by Crippen LogP contribution is 2.26. The second-order valence-electron chi connectivity index (χ2n) is 6.05. The average molecular weight is 370 g/mol. The van der Waals surface area contributed by atoms with Crippen molar-refractivity contribution in [3.63, 3.8) is 0 Å². The molecule has 1 fully saturated rings. The monoisotopic (exact) mass is 370 g/mol. The minimum absolute atomic E-state index is 0.0463. The summed E-state index contributed by atoms with van der Waals surface area (Å²) in [5, 5.41) is 11.1. The van der Waals surface area contributed by atoms with Crippen molar-refractivity contribution in [2.75, 3.05) is 46.8 Å². The van der Waals surface area contributed by atoms with E-state index in [9.17, 15) is 23.3 Å². The van der Waals surface area contributed by atoms with Crippen molar-refractivity contribution < 1.29 is 18.1 Å². The Labute approximate surface area is 147 Å². The standard InChI is InChI=1S/C15H22N4O5S/c1-16(2)15(20)12-17-8-5-9-18(11-10-17)25(23,24)14-7-4-3-6-13(14)19(21)22/h3-4,6-7H,5,8-12H2,1-2H3. The molecule has 2 rings (SSSR count). The van der Waals surface area contributed by atoms with E-state index in [1.165, 1.54) is 33.5 Å². The zero-order valence-electron chi connectivity index (χ0n) is 14.3. The fraction of sp³-hybridized carbons (Fsp3) is 0.533. The van der Waals surface area contributed by atoms with E-state index in [4.69, 9.17) is 0 Å². The lowest BCUT2D eigenvalue weighted by atomic mass is 10.3. The van der Waals surface area contributed by atoms with Crippen LogP contribution in [0.25, 0.3) is 0 Å². The highest BCUT2D eigenvalue weighted by molar-refractivity contribution is 7.89. The molecule has 1 aliphatic rings. The first-order valence-corrected chi connectivity index (χ1v) is 9.33. The maximum Gasteiger partial charge on any atom is 0.289 e. The van der Waals surface area contributed by atoms with E-state index in [0.29, 0.717) is 19.5 Å². The van der Waals surface area contributed by atoms with Crippen LogP contribution in [0.4, 0.5) is 5.69 Å². The van der Waals surface area contributed by atoms with Gasteiger partial charge in [0.1, 0.15) is 0 Å². The van der Waals surface area contributed by atoms with E-state index >= 15 is 0 Å². The molecule has 1 aromatic carbocycles. The number of rotatable bonds is 5. The number of nitro groups is 1. The predicted molar refractivity (Wildman–Crippen MR) is 91.6 cm³/mol. The third-order valence-corrected chi connectivity index (χ3v) is 6.03. The van der Waals surface area contributed by atoms with Crippen molar-refractivity contribution in [2.45, 2.75) is 11.3 Å². The number of carbonyl (C=O) groups excluding carboxylic acids is 1. The summed E-state index contributed by atoms with van der Waals surface area (Å²) in [6, 6.07) is 5.35. The smallest absolute Gasteiger partial charge is 0.289 e. The fourth-order valence-electron chi connectivity index (χ4n) is 2.64. The molecule has 0 aromatic heterocycles. The van der Waals surface area contributed by atoms with E-state index in [-0.39, 0.29) is 30.4 Å². The first kappa shape index (κ1) is 19.3. The van der Waals surface area contributed by atoms with E-state index in [2.05, 4.69) is 0 Å². The molecule has 0 N–H and O–H groups in total. The lowest BCUT2D eigenvalue weighted by Gasteiger charge is -2.22. The Kier molecular flexibility index (Phi) is 6.09. The van der Waals surface area contributed by atoms with Gasteiger partial charge in [0.25, 0.3) is 5.69 Å². The largest absolute Gasteiger partial charge is 0.348 e. The van der Waals surface area contributed by atoms with Crippen LogP contribution in [0.15, 0.2) is 29.2 Å². The molecule has 138 valence electrons. The molecule has 25 heavy (non-hydrogen) atoms. The Balaban J connectivity index is 2.17. The van der Waals surface area contributed by atoms with E-state index in [1.54, 1.807) is 14.1 Å². The summed E-state index contributed by atoms with van der Waals surface area (Å²) in [6.45, 7) is 1.68. The minimum Gasteiger partial charge on any atom is -0.348 e. The number of nitro benzene ring substituents is 1. The first-order chi connectivity index (χ1) is 11.7. The fourth-order valence-corrected chi connectivity index (χ4v) is 4.27. The minimum atomic E-state index is -3.96. The number of hydrogen-bond acceptors (Lipinski definition) is 6. The van der Waals surface area contributed by atoms with Crippen LogP contribution in [0.3, 0.4) is 0 Å². The Morgan fingerprint density at radius 2 is 1.88 bits per heavy atom. The summed E-state index contributed by atoms with van der Waals surface area (Å²) in [6.07, 6.45) is 0.556. The summed E-state index contributed by atoms with van der Waals surface area (Å²) in [5.41, 5.74) is -0.425. The van der Waals surface area contributed by atoms with Crippen molar-refractivity contribution in [3.8, 4) is 0 Å². The molecular weight excluding hydrogens is 348 g/mol. The van der Waals surface area contributed by atoms with E-state index < -0.39 is 20.6 Å². The van der Waals surface area contributed by atoms with Gasteiger partial charge in [-0.1, -0.05) is 12.1 Å². The maximum absolute atomic E-state index is 12.8. The number of nitrogens with zero attached hydrogens (tertiary/aromatic N) is 4. The van der Waals surface area contributed by atoms with Crippen molar-refractivity contribution in [3.05, 3.63) is 34.4 Å². The normalized spacial score (nSPS) is 17.0. The molecule has 1 aliphatic heterocycles. The summed E-state index contributed by atoms with van der Waals surface area (Å²) in [7, 11) is -0.615. The predicted octanol–water partition coefficient (Wildman–Crippen LogP) is 0.379. The second-order valence-corrected chi connectivity index (χ2v) is 7.95. The number of likely N-dealkylation sites (N-methyl/N-ethyl adjacent to an activating group) is 1. The molecule has 1 heterocycles. The van der Waals surface area contributed by atoms with Gasteiger partial charge in [-0.15, -0.1) is 0 Å². The van der Waals surface area contributed by atoms with Crippen LogP contribution in [0, 0.1) is 10.1 Å². The lowest BCUT2D eigenvalue weighted by molar-refractivity contribution is -0.387. The van der Waals surface area contributed by atoms with Crippen LogP contribution < -0.4 is 0 Å². The summed E-state index contributed by atoms with van der Waals surface area (Å²) < 4.78 is 26.9. The van der Waals surface area contributed by atoms with Gasteiger partial charge in [-0.25, -0.2) is 8.42 Å². The zero-order valence-corrected chi connectivity index (χ0v) is 15.1. The average Bonchev–Trinajstić information content (AvgIpc) is 2.80. The molecule has 1 amide bonds. The lowest BCUT2D eigenvalue weighted by Crippen LogP contribution is -2.39. The summed E-state index contributed by atoms with van der Waals surface area (Å²) in [5.74, 6) is -0.0463. The molecule has 10 heteroatoms. The van der Waals surface area contributed by atoms with Crippen molar-refractivity contribution >= 4 is 21.6 Å². The van der Waals surface area contributed by atoms with Gasteiger partial charge < -0.3 is 4.90 Å². The Morgan fingerprint density at radius 1 is 1.20 bits per heavy atom. The van der Waals surface area contributed by atoms with E-state index in [0.717, 1.165) is 0 Å². The van der Waals surface area contributed by atoms with Gasteiger partial charge in [0, 0.05) is 39.8 Å². The molecule has 0 radical (unpaired) electrons. The van der Waals surface area contributed by atoms with Gasteiger partial charge in [-0.3, -0.25) is 19.8 Å². The van der Waals surface area contributed by atoms with Crippen molar-refractivity contribution in [1.82, 2.24) is 14.1 Å². The summed E-state index contributed by atoms with van der Waals surface area (Å²) >= 11 is 0. The van der Waals surface area contributed by atoms with Crippen molar-refractivity contribution in [2.24, 2.45) is 0 Å². The van der Waals surface area contributed by atoms with Crippen LogP contribution in [-0.2, 0) is 14.8 Å². The highest BCUT2D eigenvalue weighted by atomic mass is 32.2. The number of benzene rings is 1.